The minimum atomic E-state index is -0.0686. The van der Waals surface area contributed by atoms with Gasteiger partial charge in [0.05, 0.1) is 18.7 Å². The van der Waals surface area contributed by atoms with Crippen molar-refractivity contribution in [3.8, 4) is 17.0 Å². The standard InChI is InChI=1S/C18H15N3O2S/c22-17(9-12-3-4-16-13(8-12)5-7-23-16)21-18-20-15(11-24-18)14-2-1-6-19-10-14/h1-4,6,8,10-11H,5,7,9H2,(H,20,21,22). The van der Waals surface area contributed by atoms with Gasteiger partial charge in [-0.3, -0.25) is 9.78 Å². The molecule has 24 heavy (non-hydrogen) atoms. The van der Waals surface area contributed by atoms with E-state index >= 15 is 0 Å². The third-order valence-corrected chi connectivity index (χ3v) is 4.58. The molecule has 0 bridgehead atoms. The van der Waals surface area contributed by atoms with Crippen molar-refractivity contribution in [3.63, 3.8) is 0 Å². The summed E-state index contributed by atoms with van der Waals surface area (Å²) in [4.78, 5) is 20.8. The number of fused-ring (bicyclic) bond motifs is 1. The van der Waals surface area contributed by atoms with Gasteiger partial charge in [-0.05, 0) is 29.3 Å². The molecule has 3 aromatic rings. The van der Waals surface area contributed by atoms with Gasteiger partial charge in [0.2, 0.25) is 5.91 Å². The fourth-order valence-corrected chi connectivity index (χ4v) is 3.41. The maximum Gasteiger partial charge on any atom is 0.230 e. The SMILES string of the molecule is O=C(Cc1ccc2c(c1)CCO2)Nc1nc(-c2cccnc2)cs1. The van der Waals surface area contributed by atoms with Gasteiger partial charge in [0.1, 0.15) is 5.75 Å². The fraction of sp³-hybridized carbons (Fsp3) is 0.167. The smallest absolute Gasteiger partial charge is 0.230 e. The molecule has 1 N–H and O–H groups in total. The first-order chi connectivity index (χ1) is 11.8. The van der Waals surface area contributed by atoms with Crippen molar-refractivity contribution in [1.29, 1.82) is 0 Å². The molecule has 0 spiro atoms. The predicted molar refractivity (Wildman–Crippen MR) is 93.3 cm³/mol. The highest BCUT2D eigenvalue weighted by molar-refractivity contribution is 7.14. The van der Waals surface area contributed by atoms with Gasteiger partial charge in [-0.25, -0.2) is 4.98 Å². The summed E-state index contributed by atoms with van der Waals surface area (Å²) in [6.07, 6.45) is 4.72. The quantitative estimate of drug-likeness (QED) is 0.793. The summed E-state index contributed by atoms with van der Waals surface area (Å²) in [6.45, 7) is 0.723. The van der Waals surface area contributed by atoms with Gasteiger partial charge in [-0.1, -0.05) is 12.1 Å². The Bertz CT molecular complexity index is 877. The van der Waals surface area contributed by atoms with E-state index < -0.39 is 0 Å². The van der Waals surface area contributed by atoms with E-state index in [9.17, 15) is 4.79 Å². The lowest BCUT2D eigenvalue weighted by Crippen LogP contribution is -2.14. The Kier molecular flexibility index (Phi) is 3.96. The van der Waals surface area contributed by atoms with Crippen molar-refractivity contribution in [2.75, 3.05) is 11.9 Å². The number of nitrogens with zero attached hydrogens (tertiary/aromatic N) is 2. The van der Waals surface area contributed by atoms with Crippen LogP contribution in [-0.4, -0.2) is 22.5 Å². The number of rotatable bonds is 4. The molecule has 1 aliphatic heterocycles. The molecule has 0 unspecified atom stereocenters. The Hall–Kier alpha value is -2.73. The van der Waals surface area contributed by atoms with Crippen LogP contribution in [0.5, 0.6) is 5.75 Å². The van der Waals surface area contributed by atoms with E-state index in [0.717, 1.165) is 35.6 Å². The van der Waals surface area contributed by atoms with E-state index in [-0.39, 0.29) is 5.91 Å². The summed E-state index contributed by atoms with van der Waals surface area (Å²) in [5.74, 6) is 0.862. The Morgan fingerprint density at radius 1 is 1.33 bits per heavy atom. The van der Waals surface area contributed by atoms with Crippen LogP contribution in [0.3, 0.4) is 0 Å². The molecule has 1 amide bonds. The zero-order valence-electron chi connectivity index (χ0n) is 12.9. The number of benzene rings is 1. The highest BCUT2D eigenvalue weighted by Gasteiger charge is 2.14. The minimum Gasteiger partial charge on any atom is -0.493 e. The third-order valence-electron chi connectivity index (χ3n) is 3.83. The average Bonchev–Trinajstić information content (AvgIpc) is 3.24. The first kappa shape index (κ1) is 14.8. The number of thiazole rings is 1. The second kappa shape index (κ2) is 6.41. The molecule has 120 valence electrons. The third kappa shape index (κ3) is 3.14. The number of aromatic nitrogens is 2. The molecule has 0 aliphatic carbocycles. The number of ether oxygens (including phenoxy) is 1. The summed E-state index contributed by atoms with van der Waals surface area (Å²) in [5, 5.41) is 5.38. The normalized spacial score (nSPS) is 12.5. The van der Waals surface area contributed by atoms with Crippen LogP contribution < -0.4 is 10.1 Å². The highest BCUT2D eigenvalue weighted by Crippen LogP contribution is 2.27. The molecule has 3 heterocycles. The lowest BCUT2D eigenvalue weighted by molar-refractivity contribution is -0.115. The molecular weight excluding hydrogens is 322 g/mol. The van der Waals surface area contributed by atoms with Gasteiger partial charge in [0, 0.05) is 29.8 Å². The van der Waals surface area contributed by atoms with Crippen LogP contribution in [0.15, 0.2) is 48.1 Å². The van der Waals surface area contributed by atoms with Crippen LogP contribution in [0.25, 0.3) is 11.3 Å². The summed E-state index contributed by atoms with van der Waals surface area (Å²) in [6, 6.07) is 9.73. The molecule has 0 saturated carbocycles. The Morgan fingerprint density at radius 2 is 2.29 bits per heavy atom. The number of pyridine rings is 1. The number of carbonyl (C=O) groups is 1. The molecular formula is C18H15N3O2S. The molecule has 0 fully saturated rings. The van der Waals surface area contributed by atoms with Gasteiger partial charge in [0.15, 0.2) is 5.13 Å². The van der Waals surface area contributed by atoms with E-state index in [2.05, 4.69) is 15.3 Å². The number of hydrogen-bond donors (Lipinski definition) is 1. The van der Waals surface area contributed by atoms with Crippen LogP contribution in [0.4, 0.5) is 5.13 Å². The van der Waals surface area contributed by atoms with Crippen LogP contribution >= 0.6 is 11.3 Å². The highest BCUT2D eigenvalue weighted by atomic mass is 32.1. The number of nitrogens with one attached hydrogen (secondary N) is 1. The molecule has 1 aliphatic rings. The summed E-state index contributed by atoms with van der Waals surface area (Å²) in [5.41, 5.74) is 3.92. The van der Waals surface area contributed by atoms with Crippen molar-refractivity contribution < 1.29 is 9.53 Å². The van der Waals surface area contributed by atoms with Crippen molar-refractivity contribution in [3.05, 3.63) is 59.2 Å². The Morgan fingerprint density at radius 3 is 3.17 bits per heavy atom. The molecule has 5 nitrogen and oxygen atoms in total. The lowest BCUT2D eigenvalue weighted by atomic mass is 10.1. The first-order valence-corrected chi connectivity index (χ1v) is 8.56. The van der Waals surface area contributed by atoms with E-state index in [1.807, 2.05) is 35.7 Å². The van der Waals surface area contributed by atoms with E-state index in [0.29, 0.717) is 11.6 Å². The molecule has 0 atom stereocenters. The number of amides is 1. The number of anilines is 1. The molecule has 4 rings (SSSR count). The summed E-state index contributed by atoms with van der Waals surface area (Å²) in [7, 11) is 0. The monoisotopic (exact) mass is 337 g/mol. The van der Waals surface area contributed by atoms with Gasteiger partial charge in [-0.2, -0.15) is 0 Å². The van der Waals surface area contributed by atoms with Crippen LogP contribution in [-0.2, 0) is 17.6 Å². The average molecular weight is 337 g/mol. The zero-order chi connectivity index (χ0) is 16.4. The molecule has 6 heteroatoms. The van der Waals surface area contributed by atoms with Gasteiger partial charge < -0.3 is 10.1 Å². The van der Waals surface area contributed by atoms with Gasteiger partial charge >= 0.3 is 0 Å². The molecule has 2 aromatic heterocycles. The van der Waals surface area contributed by atoms with Crippen molar-refractivity contribution in [1.82, 2.24) is 9.97 Å². The topological polar surface area (TPSA) is 64.1 Å². The lowest BCUT2D eigenvalue weighted by Gasteiger charge is -2.04. The predicted octanol–water partition coefficient (Wildman–Crippen LogP) is 3.32. The Labute approximate surface area is 143 Å². The Balaban J connectivity index is 1.42. The van der Waals surface area contributed by atoms with Crippen LogP contribution in [0, 0.1) is 0 Å². The van der Waals surface area contributed by atoms with Gasteiger partial charge in [0.25, 0.3) is 0 Å². The molecule has 0 saturated heterocycles. The number of hydrogen-bond acceptors (Lipinski definition) is 5. The van der Waals surface area contributed by atoms with Crippen molar-refractivity contribution >= 4 is 22.4 Å². The maximum absolute atomic E-state index is 12.2. The van der Waals surface area contributed by atoms with Crippen molar-refractivity contribution in [2.24, 2.45) is 0 Å². The molecule has 0 radical (unpaired) electrons. The van der Waals surface area contributed by atoms with Crippen molar-refractivity contribution in [2.45, 2.75) is 12.8 Å². The summed E-state index contributed by atoms with van der Waals surface area (Å²) < 4.78 is 5.48. The van der Waals surface area contributed by atoms with Crippen LogP contribution in [0.2, 0.25) is 0 Å². The van der Waals surface area contributed by atoms with Gasteiger partial charge in [-0.15, -0.1) is 11.3 Å². The first-order valence-electron chi connectivity index (χ1n) is 7.68. The van der Waals surface area contributed by atoms with E-state index in [4.69, 9.17) is 4.74 Å². The number of carbonyl (C=O) groups excluding carboxylic acids is 1. The van der Waals surface area contributed by atoms with E-state index in [1.54, 1.807) is 12.4 Å². The zero-order valence-corrected chi connectivity index (χ0v) is 13.7. The minimum absolute atomic E-state index is 0.0686. The van der Waals surface area contributed by atoms with E-state index in [1.165, 1.54) is 16.9 Å². The maximum atomic E-state index is 12.2. The summed E-state index contributed by atoms with van der Waals surface area (Å²) >= 11 is 1.41. The second-order valence-electron chi connectivity index (χ2n) is 5.55. The molecule has 1 aromatic carbocycles. The van der Waals surface area contributed by atoms with Crippen LogP contribution in [0.1, 0.15) is 11.1 Å². The fourth-order valence-electron chi connectivity index (χ4n) is 2.68. The second-order valence-corrected chi connectivity index (χ2v) is 6.40. The largest absolute Gasteiger partial charge is 0.493 e.